The second-order valence-electron chi connectivity index (χ2n) is 5.77. The number of hydrogen-bond acceptors (Lipinski definition) is 2. The zero-order valence-corrected chi connectivity index (χ0v) is 15.1. The quantitative estimate of drug-likeness (QED) is 0.857. The highest BCUT2D eigenvalue weighted by atomic mass is 35.5. The zero-order valence-electron chi connectivity index (χ0n) is 14.3. The third-order valence-corrected chi connectivity index (χ3v) is 4.09. The van der Waals surface area contributed by atoms with Crippen LogP contribution in [-0.2, 0) is 13.0 Å². The molecule has 0 atom stereocenters. The lowest BCUT2D eigenvalue weighted by Crippen LogP contribution is -2.37. The summed E-state index contributed by atoms with van der Waals surface area (Å²) in [7, 11) is 3.43. The van der Waals surface area contributed by atoms with E-state index in [4.69, 9.17) is 16.3 Å². The smallest absolute Gasteiger partial charge is 0.317 e. The fourth-order valence-electron chi connectivity index (χ4n) is 2.41. The van der Waals surface area contributed by atoms with Gasteiger partial charge in [-0.15, -0.1) is 0 Å². The molecule has 2 rings (SSSR count). The molecule has 2 aromatic carbocycles. The van der Waals surface area contributed by atoms with Gasteiger partial charge in [0.1, 0.15) is 5.75 Å². The van der Waals surface area contributed by atoms with E-state index in [-0.39, 0.29) is 6.03 Å². The highest BCUT2D eigenvalue weighted by Crippen LogP contribution is 2.19. The largest absolute Gasteiger partial charge is 0.496 e. The van der Waals surface area contributed by atoms with E-state index in [9.17, 15) is 4.79 Å². The molecule has 0 spiro atoms. The van der Waals surface area contributed by atoms with Gasteiger partial charge in [-0.2, -0.15) is 0 Å². The lowest BCUT2D eigenvalue weighted by molar-refractivity contribution is 0.207. The number of nitrogens with zero attached hydrogens (tertiary/aromatic N) is 1. The molecule has 0 unspecified atom stereocenters. The second kappa shape index (κ2) is 8.60. The molecule has 0 aromatic heterocycles. The summed E-state index contributed by atoms with van der Waals surface area (Å²) in [4.78, 5) is 13.8. The van der Waals surface area contributed by atoms with Crippen LogP contribution in [0.25, 0.3) is 0 Å². The normalized spacial score (nSPS) is 10.3. The maximum absolute atomic E-state index is 12.2. The Labute approximate surface area is 148 Å². The monoisotopic (exact) mass is 346 g/mol. The number of rotatable bonds is 6. The Bertz CT molecular complexity index is 686. The van der Waals surface area contributed by atoms with E-state index in [1.54, 1.807) is 19.1 Å². The van der Waals surface area contributed by atoms with Crippen LogP contribution >= 0.6 is 11.6 Å². The third kappa shape index (κ3) is 5.17. The fourth-order valence-corrected chi connectivity index (χ4v) is 2.53. The molecule has 0 bridgehead atoms. The Morgan fingerprint density at radius 3 is 2.50 bits per heavy atom. The van der Waals surface area contributed by atoms with E-state index in [1.165, 1.54) is 0 Å². The number of amides is 2. The molecule has 2 aromatic rings. The van der Waals surface area contributed by atoms with Crippen LogP contribution in [0.2, 0.25) is 5.02 Å². The van der Waals surface area contributed by atoms with Gasteiger partial charge in [-0.25, -0.2) is 4.79 Å². The maximum atomic E-state index is 12.2. The van der Waals surface area contributed by atoms with Gasteiger partial charge in [0.25, 0.3) is 0 Å². The molecule has 24 heavy (non-hydrogen) atoms. The zero-order chi connectivity index (χ0) is 17.5. The van der Waals surface area contributed by atoms with Crippen LogP contribution in [0, 0.1) is 6.92 Å². The fraction of sp³-hybridized carbons (Fsp3) is 0.316. The second-order valence-corrected chi connectivity index (χ2v) is 6.20. The van der Waals surface area contributed by atoms with Crippen molar-refractivity contribution in [1.82, 2.24) is 10.2 Å². The summed E-state index contributed by atoms with van der Waals surface area (Å²) >= 11 is 5.86. The molecule has 5 heteroatoms. The van der Waals surface area contributed by atoms with Crippen LogP contribution < -0.4 is 10.1 Å². The van der Waals surface area contributed by atoms with E-state index >= 15 is 0 Å². The number of halogens is 1. The van der Waals surface area contributed by atoms with E-state index < -0.39 is 0 Å². The van der Waals surface area contributed by atoms with Crippen molar-refractivity contribution in [2.24, 2.45) is 0 Å². The summed E-state index contributed by atoms with van der Waals surface area (Å²) in [6.45, 7) is 3.11. The Morgan fingerprint density at radius 2 is 1.83 bits per heavy atom. The van der Waals surface area contributed by atoms with Gasteiger partial charge in [0, 0.05) is 25.2 Å². The topological polar surface area (TPSA) is 41.6 Å². The molecule has 0 aliphatic rings. The molecule has 0 heterocycles. The SMILES string of the molecule is COc1cc(CN(C)C(=O)NCCc2ccc(Cl)cc2)ccc1C. The van der Waals surface area contributed by atoms with Gasteiger partial charge >= 0.3 is 6.03 Å². The van der Waals surface area contributed by atoms with Gasteiger partial charge in [-0.3, -0.25) is 0 Å². The van der Waals surface area contributed by atoms with Crippen molar-refractivity contribution < 1.29 is 9.53 Å². The minimum Gasteiger partial charge on any atom is -0.496 e. The average molecular weight is 347 g/mol. The first-order chi connectivity index (χ1) is 11.5. The van der Waals surface area contributed by atoms with Gasteiger partial charge in [0.2, 0.25) is 0 Å². The predicted octanol–water partition coefficient (Wildman–Crippen LogP) is 4.04. The van der Waals surface area contributed by atoms with E-state index in [0.717, 1.165) is 33.9 Å². The first-order valence-corrected chi connectivity index (χ1v) is 8.24. The number of ether oxygens (including phenoxy) is 1. The van der Waals surface area contributed by atoms with Crippen LogP contribution in [0.15, 0.2) is 42.5 Å². The van der Waals surface area contributed by atoms with Gasteiger partial charge in [0.15, 0.2) is 0 Å². The Balaban J connectivity index is 1.82. The van der Waals surface area contributed by atoms with Crippen LogP contribution in [0.3, 0.4) is 0 Å². The molecule has 0 saturated heterocycles. The molecule has 0 fully saturated rings. The van der Waals surface area contributed by atoms with Crippen molar-refractivity contribution in [2.45, 2.75) is 19.9 Å². The van der Waals surface area contributed by atoms with Crippen LogP contribution in [0.4, 0.5) is 4.79 Å². The average Bonchev–Trinajstić information content (AvgIpc) is 2.58. The summed E-state index contributed by atoms with van der Waals surface area (Å²) in [6.07, 6.45) is 0.773. The minimum atomic E-state index is -0.0940. The first-order valence-electron chi connectivity index (χ1n) is 7.86. The van der Waals surface area contributed by atoms with Crippen molar-refractivity contribution in [3.8, 4) is 5.75 Å². The van der Waals surface area contributed by atoms with E-state index in [0.29, 0.717) is 13.1 Å². The standard InChI is InChI=1S/C19H23ClN2O2/c1-14-4-5-16(12-18(14)24-3)13-22(2)19(23)21-11-10-15-6-8-17(20)9-7-15/h4-9,12H,10-11,13H2,1-3H3,(H,21,23). The number of carbonyl (C=O) groups is 1. The predicted molar refractivity (Wildman–Crippen MR) is 97.8 cm³/mol. The number of carbonyl (C=O) groups excluding carboxylic acids is 1. The van der Waals surface area contributed by atoms with Crippen LogP contribution in [0.5, 0.6) is 5.75 Å². The molecule has 4 nitrogen and oxygen atoms in total. The third-order valence-electron chi connectivity index (χ3n) is 3.84. The number of nitrogens with one attached hydrogen (secondary N) is 1. The highest BCUT2D eigenvalue weighted by Gasteiger charge is 2.09. The molecule has 0 aliphatic heterocycles. The maximum Gasteiger partial charge on any atom is 0.317 e. The Kier molecular flexibility index (Phi) is 6.50. The molecule has 0 aliphatic carbocycles. The summed E-state index contributed by atoms with van der Waals surface area (Å²) in [5, 5.41) is 3.65. The molecule has 0 radical (unpaired) electrons. The van der Waals surface area contributed by atoms with E-state index in [2.05, 4.69) is 5.32 Å². The molecular weight excluding hydrogens is 324 g/mol. The number of aryl methyl sites for hydroxylation is 1. The molecule has 128 valence electrons. The molecule has 0 saturated carbocycles. The lowest BCUT2D eigenvalue weighted by atomic mass is 10.1. The van der Waals surface area contributed by atoms with Gasteiger partial charge in [-0.05, 0) is 48.2 Å². The van der Waals surface area contributed by atoms with Crippen LogP contribution in [0.1, 0.15) is 16.7 Å². The number of urea groups is 1. The summed E-state index contributed by atoms with van der Waals surface area (Å²) < 4.78 is 5.32. The Hall–Kier alpha value is -2.20. The van der Waals surface area contributed by atoms with Gasteiger partial charge < -0.3 is 15.0 Å². The van der Waals surface area contributed by atoms with Crippen molar-refractivity contribution in [2.75, 3.05) is 20.7 Å². The number of benzene rings is 2. The van der Waals surface area contributed by atoms with Crippen molar-refractivity contribution in [1.29, 1.82) is 0 Å². The number of methoxy groups -OCH3 is 1. The van der Waals surface area contributed by atoms with Crippen molar-refractivity contribution >= 4 is 17.6 Å². The molecule has 1 N–H and O–H groups in total. The van der Waals surface area contributed by atoms with Gasteiger partial charge in [0.05, 0.1) is 7.11 Å². The summed E-state index contributed by atoms with van der Waals surface area (Å²) in [5.41, 5.74) is 3.26. The van der Waals surface area contributed by atoms with Crippen molar-refractivity contribution in [3.05, 3.63) is 64.2 Å². The Morgan fingerprint density at radius 1 is 1.17 bits per heavy atom. The number of hydrogen-bond donors (Lipinski definition) is 1. The van der Waals surface area contributed by atoms with Crippen molar-refractivity contribution in [3.63, 3.8) is 0 Å². The molecule has 2 amide bonds. The molecular formula is C19H23ClN2O2. The summed E-state index contributed by atoms with van der Waals surface area (Å²) in [6, 6.07) is 13.5. The minimum absolute atomic E-state index is 0.0940. The first kappa shape index (κ1) is 18.1. The lowest BCUT2D eigenvalue weighted by Gasteiger charge is -2.19. The summed E-state index contributed by atoms with van der Waals surface area (Å²) in [5.74, 6) is 0.837. The van der Waals surface area contributed by atoms with E-state index in [1.807, 2.05) is 49.4 Å². The highest BCUT2D eigenvalue weighted by molar-refractivity contribution is 6.30. The van der Waals surface area contributed by atoms with Gasteiger partial charge in [-0.1, -0.05) is 35.9 Å². The van der Waals surface area contributed by atoms with Crippen LogP contribution in [-0.4, -0.2) is 31.6 Å².